The zero-order valence-corrected chi connectivity index (χ0v) is 14.5. The van der Waals surface area contributed by atoms with Crippen molar-refractivity contribution in [1.82, 2.24) is 10.2 Å². The Morgan fingerprint density at radius 1 is 1.32 bits per heavy atom. The van der Waals surface area contributed by atoms with Gasteiger partial charge in [-0.05, 0) is 57.2 Å². The lowest BCUT2D eigenvalue weighted by molar-refractivity contribution is 0.238. The number of benzene rings is 1. The van der Waals surface area contributed by atoms with E-state index in [1.165, 1.54) is 43.6 Å². The first kappa shape index (κ1) is 17.1. The van der Waals surface area contributed by atoms with Gasteiger partial charge in [-0.15, -0.1) is 0 Å². The maximum Gasteiger partial charge on any atom is 0.0270 e. The normalized spacial score (nSPS) is 21.5. The smallest absolute Gasteiger partial charge is 0.0270 e. The van der Waals surface area contributed by atoms with Crippen molar-refractivity contribution in [3.05, 3.63) is 48.2 Å². The van der Waals surface area contributed by atoms with E-state index in [1.807, 2.05) is 0 Å². The summed E-state index contributed by atoms with van der Waals surface area (Å²) in [6.07, 6.45) is 5.00. The fourth-order valence-electron chi connectivity index (χ4n) is 3.61. The Labute approximate surface area is 136 Å². The van der Waals surface area contributed by atoms with Crippen molar-refractivity contribution in [3.8, 4) is 0 Å². The van der Waals surface area contributed by atoms with Gasteiger partial charge in [0.2, 0.25) is 0 Å². The highest BCUT2D eigenvalue weighted by atomic mass is 15.2. The minimum Gasteiger partial charge on any atom is -0.386 e. The molecule has 2 rings (SSSR count). The van der Waals surface area contributed by atoms with Crippen LogP contribution in [0.2, 0.25) is 0 Å². The summed E-state index contributed by atoms with van der Waals surface area (Å²) in [5.41, 5.74) is 2.59. The molecule has 2 nitrogen and oxygen atoms in total. The van der Waals surface area contributed by atoms with Gasteiger partial charge in [0.25, 0.3) is 0 Å². The minimum atomic E-state index is 0.434. The number of allylic oxidation sites excluding steroid dienone is 1. The van der Waals surface area contributed by atoms with Crippen LogP contribution in [0.15, 0.2) is 42.6 Å². The van der Waals surface area contributed by atoms with Crippen molar-refractivity contribution < 1.29 is 0 Å². The molecule has 2 heteroatoms. The van der Waals surface area contributed by atoms with Gasteiger partial charge in [0.1, 0.15) is 0 Å². The third-order valence-electron chi connectivity index (χ3n) is 4.94. The van der Waals surface area contributed by atoms with Crippen LogP contribution in [-0.2, 0) is 6.42 Å². The number of rotatable bonds is 8. The van der Waals surface area contributed by atoms with Crippen molar-refractivity contribution in [2.75, 3.05) is 13.1 Å². The van der Waals surface area contributed by atoms with Gasteiger partial charge in [0.15, 0.2) is 0 Å². The fraction of sp³-hybridized carbons (Fsp3) is 0.600. The number of hydrogen-bond acceptors (Lipinski definition) is 2. The molecule has 0 spiro atoms. The predicted octanol–water partition coefficient (Wildman–Crippen LogP) is 4.23. The lowest BCUT2D eigenvalue weighted by Crippen LogP contribution is -2.34. The van der Waals surface area contributed by atoms with Crippen molar-refractivity contribution in [1.29, 1.82) is 0 Å². The summed E-state index contributed by atoms with van der Waals surface area (Å²) in [5, 5.41) is 3.62. The molecule has 1 aromatic carbocycles. The van der Waals surface area contributed by atoms with Gasteiger partial charge in [0.05, 0.1) is 0 Å². The first-order valence-corrected chi connectivity index (χ1v) is 8.83. The molecule has 1 unspecified atom stereocenters. The van der Waals surface area contributed by atoms with Crippen molar-refractivity contribution in [3.63, 3.8) is 0 Å². The summed E-state index contributed by atoms with van der Waals surface area (Å²) < 4.78 is 0. The number of nitrogens with one attached hydrogen (secondary N) is 1. The lowest BCUT2D eigenvalue weighted by atomic mass is 9.96. The second-order valence-electron chi connectivity index (χ2n) is 6.82. The van der Waals surface area contributed by atoms with Crippen LogP contribution < -0.4 is 5.32 Å². The number of nitrogens with zero attached hydrogens (tertiary/aromatic N) is 1. The minimum absolute atomic E-state index is 0.434. The monoisotopic (exact) mass is 300 g/mol. The molecule has 1 fully saturated rings. The third-order valence-corrected chi connectivity index (χ3v) is 4.94. The molecule has 0 aliphatic carbocycles. The number of hydrogen-bond donors (Lipinski definition) is 1. The Hall–Kier alpha value is -1.28. The van der Waals surface area contributed by atoms with Crippen LogP contribution in [-0.4, -0.2) is 30.1 Å². The molecule has 0 radical (unpaired) electrons. The van der Waals surface area contributed by atoms with Crippen LogP contribution in [0.3, 0.4) is 0 Å². The number of likely N-dealkylation sites (tertiary alicyclic amines) is 1. The topological polar surface area (TPSA) is 15.3 Å². The predicted molar refractivity (Wildman–Crippen MR) is 95.9 cm³/mol. The molecule has 1 aromatic rings. The molecular formula is C20H32N2. The van der Waals surface area contributed by atoms with Crippen LogP contribution in [0.4, 0.5) is 0 Å². The van der Waals surface area contributed by atoms with E-state index in [-0.39, 0.29) is 0 Å². The molecule has 0 amide bonds. The summed E-state index contributed by atoms with van der Waals surface area (Å²) in [6.45, 7) is 13.6. The van der Waals surface area contributed by atoms with E-state index in [4.69, 9.17) is 0 Å². The molecule has 22 heavy (non-hydrogen) atoms. The standard InChI is InChI=1S/C20H32N2/c1-5-22-13-9-12-20(22)14-16(2)18(4)21-17(3)15-19-10-7-6-8-11-19/h6-8,10-11,16-17,20-21H,4-5,9,12-15H2,1-3H3/t16?,17-,20+/m1/s1. The molecule has 3 atom stereocenters. The van der Waals surface area contributed by atoms with Gasteiger partial charge < -0.3 is 10.2 Å². The average molecular weight is 300 g/mol. The first-order valence-electron chi connectivity index (χ1n) is 8.83. The molecule has 0 aromatic heterocycles. The highest BCUT2D eigenvalue weighted by molar-refractivity contribution is 5.16. The van der Waals surface area contributed by atoms with E-state index in [9.17, 15) is 0 Å². The second-order valence-corrected chi connectivity index (χ2v) is 6.82. The summed E-state index contributed by atoms with van der Waals surface area (Å²) in [4.78, 5) is 2.62. The van der Waals surface area contributed by atoms with Gasteiger partial charge in [-0.1, -0.05) is 50.8 Å². The summed E-state index contributed by atoms with van der Waals surface area (Å²) in [7, 11) is 0. The Morgan fingerprint density at radius 2 is 2.05 bits per heavy atom. The lowest BCUT2D eigenvalue weighted by Gasteiger charge is -2.28. The molecule has 1 aliphatic heterocycles. The SMILES string of the molecule is C=C(N[C@H](C)Cc1ccccc1)C(C)C[C@@H]1CCCN1CC. The molecule has 1 heterocycles. The molecule has 122 valence electrons. The van der Waals surface area contributed by atoms with Crippen molar-refractivity contribution >= 4 is 0 Å². The van der Waals surface area contributed by atoms with Crippen molar-refractivity contribution in [2.45, 2.75) is 58.5 Å². The fourth-order valence-corrected chi connectivity index (χ4v) is 3.61. The summed E-state index contributed by atoms with van der Waals surface area (Å²) in [6, 6.07) is 11.9. The summed E-state index contributed by atoms with van der Waals surface area (Å²) in [5.74, 6) is 0.537. The molecule has 0 saturated carbocycles. The summed E-state index contributed by atoms with van der Waals surface area (Å²) >= 11 is 0. The molecular weight excluding hydrogens is 268 g/mol. The highest BCUT2D eigenvalue weighted by Crippen LogP contribution is 2.25. The van der Waals surface area contributed by atoms with Gasteiger partial charge in [-0.3, -0.25) is 0 Å². The van der Waals surface area contributed by atoms with Crippen LogP contribution in [0.1, 0.15) is 45.6 Å². The molecule has 1 aliphatic rings. The van der Waals surface area contributed by atoms with E-state index < -0.39 is 0 Å². The zero-order chi connectivity index (χ0) is 15.9. The molecule has 1 N–H and O–H groups in total. The largest absolute Gasteiger partial charge is 0.386 e. The van der Waals surface area contributed by atoms with E-state index in [1.54, 1.807) is 0 Å². The third kappa shape index (κ3) is 4.88. The van der Waals surface area contributed by atoms with Crippen molar-refractivity contribution in [2.24, 2.45) is 5.92 Å². The Balaban J connectivity index is 1.78. The van der Waals surface area contributed by atoms with E-state index in [2.05, 4.69) is 67.9 Å². The van der Waals surface area contributed by atoms with Crippen LogP contribution in [0.25, 0.3) is 0 Å². The highest BCUT2D eigenvalue weighted by Gasteiger charge is 2.25. The quantitative estimate of drug-likeness (QED) is 0.773. The average Bonchev–Trinajstić information content (AvgIpc) is 2.95. The van der Waals surface area contributed by atoms with Crippen LogP contribution in [0.5, 0.6) is 0 Å². The Kier molecular flexibility index (Phi) is 6.50. The van der Waals surface area contributed by atoms with Crippen LogP contribution in [0, 0.1) is 5.92 Å². The maximum atomic E-state index is 4.30. The molecule has 1 saturated heterocycles. The zero-order valence-electron chi connectivity index (χ0n) is 14.5. The first-order chi connectivity index (χ1) is 10.6. The van der Waals surface area contributed by atoms with E-state index in [0.29, 0.717) is 12.0 Å². The maximum absolute atomic E-state index is 4.30. The van der Waals surface area contributed by atoms with E-state index in [0.717, 1.165) is 12.5 Å². The second kappa shape index (κ2) is 8.38. The van der Waals surface area contributed by atoms with E-state index >= 15 is 0 Å². The van der Waals surface area contributed by atoms with Gasteiger partial charge >= 0.3 is 0 Å². The Morgan fingerprint density at radius 3 is 2.73 bits per heavy atom. The van der Waals surface area contributed by atoms with Crippen LogP contribution >= 0.6 is 0 Å². The molecule has 0 bridgehead atoms. The van der Waals surface area contributed by atoms with Gasteiger partial charge in [-0.25, -0.2) is 0 Å². The van der Waals surface area contributed by atoms with Gasteiger partial charge in [-0.2, -0.15) is 0 Å². The Bertz CT molecular complexity index is 454. The van der Waals surface area contributed by atoms with Gasteiger partial charge in [0, 0.05) is 17.8 Å².